The van der Waals surface area contributed by atoms with E-state index in [-0.39, 0.29) is 11.9 Å². The number of hydrogen-bond donors (Lipinski definition) is 2. The summed E-state index contributed by atoms with van der Waals surface area (Å²) < 4.78 is 0.921. The van der Waals surface area contributed by atoms with Crippen molar-refractivity contribution >= 4 is 27.5 Å². The second-order valence-corrected chi connectivity index (χ2v) is 5.36. The molecule has 1 aromatic rings. The normalized spacial score (nSPS) is 12.3. The van der Waals surface area contributed by atoms with Crippen LogP contribution in [0.4, 0.5) is 5.69 Å². The molecule has 17 heavy (non-hydrogen) atoms. The number of anilines is 1. The number of nitrogens with two attached hydrogens (primary N) is 1. The molecule has 1 aromatic carbocycles. The summed E-state index contributed by atoms with van der Waals surface area (Å²) in [5, 5.41) is 2.92. The molecule has 3 N–H and O–H groups in total. The van der Waals surface area contributed by atoms with Crippen molar-refractivity contribution in [1.82, 2.24) is 0 Å². The first-order valence-electron chi connectivity index (χ1n) is 5.72. The van der Waals surface area contributed by atoms with E-state index >= 15 is 0 Å². The molecular weight excluding hydrogens is 280 g/mol. The number of amides is 1. The molecule has 0 aliphatic heterocycles. The molecule has 0 aliphatic carbocycles. The van der Waals surface area contributed by atoms with Gasteiger partial charge in [0.25, 0.3) is 0 Å². The van der Waals surface area contributed by atoms with Crippen molar-refractivity contribution in [2.45, 2.75) is 39.7 Å². The molecule has 4 heteroatoms. The highest BCUT2D eigenvalue weighted by Gasteiger charge is 2.09. The summed E-state index contributed by atoms with van der Waals surface area (Å²) in [6.45, 7) is 5.92. The van der Waals surface area contributed by atoms with Gasteiger partial charge in [0.2, 0.25) is 5.91 Å². The Morgan fingerprint density at radius 2 is 2.12 bits per heavy atom. The van der Waals surface area contributed by atoms with Gasteiger partial charge in [0.15, 0.2) is 0 Å². The lowest BCUT2D eigenvalue weighted by Gasteiger charge is -2.12. The molecule has 1 rings (SSSR count). The Hall–Kier alpha value is -0.870. The van der Waals surface area contributed by atoms with Gasteiger partial charge in [0.05, 0.1) is 5.69 Å². The van der Waals surface area contributed by atoms with Crippen LogP contribution >= 0.6 is 15.9 Å². The van der Waals surface area contributed by atoms with Crippen LogP contribution < -0.4 is 11.1 Å². The topological polar surface area (TPSA) is 55.1 Å². The summed E-state index contributed by atoms with van der Waals surface area (Å²) in [6.07, 6.45) is 1.16. The molecule has 0 saturated carbocycles. The lowest BCUT2D eigenvalue weighted by Crippen LogP contribution is -2.20. The molecule has 0 aromatic heterocycles. The zero-order chi connectivity index (χ0) is 13.0. The standard InChI is InChI=1S/C13H19BrN2O/c1-8-6-9(2)13(11(14)7-8)16-12(17)5-4-10(3)15/h6-7,10H,4-5,15H2,1-3H3,(H,16,17). The van der Waals surface area contributed by atoms with Crippen molar-refractivity contribution in [3.63, 3.8) is 0 Å². The minimum atomic E-state index is 0.00922. The zero-order valence-electron chi connectivity index (χ0n) is 10.5. The highest BCUT2D eigenvalue weighted by Crippen LogP contribution is 2.27. The van der Waals surface area contributed by atoms with E-state index in [4.69, 9.17) is 5.73 Å². The minimum Gasteiger partial charge on any atom is -0.328 e. The number of carbonyl (C=O) groups is 1. The van der Waals surface area contributed by atoms with Crippen LogP contribution in [0.2, 0.25) is 0 Å². The van der Waals surface area contributed by atoms with Crippen LogP contribution in [0.1, 0.15) is 30.9 Å². The number of benzene rings is 1. The second-order valence-electron chi connectivity index (χ2n) is 4.50. The maximum absolute atomic E-state index is 11.7. The largest absolute Gasteiger partial charge is 0.328 e. The number of aryl methyl sites for hydroxylation is 2. The first-order chi connectivity index (χ1) is 7.90. The lowest BCUT2D eigenvalue weighted by atomic mass is 10.1. The van der Waals surface area contributed by atoms with Gasteiger partial charge in [-0.3, -0.25) is 4.79 Å². The van der Waals surface area contributed by atoms with Crippen molar-refractivity contribution < 1.29 is 4.79 Å². The smallest absolute Gasteiger partial charge is 0.224 e. The first-order valence-corrected chi connectivity index (χ1v) is 6.51. The molecule has 1 amide bonds. The SMILES string of the molecule is Cc1cc(C)c(NC(=O)CCC(C)N)c(Br)c1. The Labute approximate surface area is 111 Å². The maximum atomic E-state index is 11.7. The highest BCUT2D eigenvalue weighted by molar-refractivity contribution is 9.10. The average Bonchev–Trinajstić information content (AvgIpc) is 2.20. The fourth-order valence-corrected chi connectivity index (χ4v) is 2.41. The summed E-state index contributed by atoms with van der Waals surface area (Å²) in [7, 11) is 0. The maximum Gasteiger partial charge on any atom is 0.224 e. The summed E-state index contributed by atoms with van der Waals surface area (Å²) in [5.41, 5.74) is 8.71. The predicted molar refractivity (Wildman–Crippen MR) is 75.1 cm³/mol. The van der Waals surface area contributed by atoms with Crippen LogP contribution in [-0.4, -0.2) is 11.9 Å². The molecule has 0 saturated heterocycles. The lowest BCUT2D eigenvalue weighted by molar-refractivity contribution is -0.116. The summed E-state index contributed by atoms with van der Waals surface area (Å²) in [5.74, 6) is 0.00922. The first kappa shape index (κ1) is 14.2. The molecule has 0 spiro atoms. The fourth-order valence-electron chi connectivity index (χ4n) is 1.63. The van der Waals surface area contributed by atoms with Crippen LogP contribution in [0.5, 0.6) is 0 Å². The van der Waals surface area contributed by atoms with Gasteiger partial charge in [-0.1, -0.05) is 6.07 Å². The second kappa shape index (κ2) is 6.17. The number of rotatable bonds is 4. The predicted octanol–water partition coefficient (Wildman–Crippen LogP) is 3.13. The molecule has 3 nitrogen and oxygen atoms in total. The highest BCUT2D eigenvalue weighted by atomic mass is 79.9. The van der Waals surface area contributed by atoms with Gasteiger partial charge in [-0.25, -0.2) is 0 Å². The third-order valence-corrected chi connectivity index (χ3v) is 3.15. The Kier molecular flexibility index (Phi) is 5.15. The monoisotopic (exact) mass is 298 g/mol. The molecular formula is C13H19BrN2O. The van der Waals surface area contributed by atoms with Gasteiger partial charge in [0.1, 0.15) is 0 Å². The van der Waals surface area contributed by atoms with Crippen LogP contribution in [0.25, 0.3) is 0 Å². The number of carbonyl (C=O) groups excluding carboxylic acids is 1. The summed E-state index contributed by atoms with van der Waals surface area (Å²) in [4.78, 5) is 11.7. The number of halogens is 1. The van der Waals surface area contributed by atoms with E-state index in [9.17, 15) is 4.79 Å². The van der Waals surface area contributed by atoms with Crippen molar-refractivity contribution in [3.8, 4) is 0 Å². The van der Waals surface area contributed by atoms with Crippen molar-refractivity contribution in [1.29, 1.82) is 0 Å². The van der Waals surface area contributed by atoms with Crippen molar-refractivity contribution in [2.75, 3.05) is 5.32 Å². The molecule has 0 radical (unpaired) electrons. The van der Waals surface area contributed by atoms with Crippen LogP contribution in [-0.2, 0) is 4.79 Å². The zero-order valence-corrected chi connectivity index (χ0v) is 12.1. The van der Waals surface area contributed by atoms with Gasteiger partial charge < -0.3 is 11.1 Å². The van der Waals surface area contributed by atoms with E-state index in [0.717, 1.165) is 15.7 Å². The Morgan fingerprint density at radius 1 is 1.47 bits per heavy atom. The molecule has 94 valence electrons. The van der Waals surface area contributed by atoms with Crippen LogP contribution in [0.3, 0.4) is 0 Å². The Morgan fingerprint density at radius 3 is 2.65 bits per heavy atom. The third-order valence-electron chi connectivity index (χ3n) is 2.52. The quantitative estimate of drug-likeness (QED) is 0.897. The van der Waals surface area contributed by atoms with Crippen molar-refractivity contribution in [3.05, 3.63) is 27.7 Å². The molecule has 0 heterocycles. The van der Waals surface area contributed by atoms with E-state index in [0.29, 0.717) is 12.8 Å². The molecule has 0 fully saturated rings. The van der Waals surface area contributed by atoms with E-state index in [1.807, 2.05) is 32.9 Å². The van der Waals surface area contributed by atoms with Gasteiger partial charge >= 0.3 is 0 Å². The summed E-state index contributed by atoms with van der Waals surface area (Å²) in [6, 6.07) is 4.10. The average molecular weight is 299 g/mol. The number of nitrogens with one attached hydrogen (secondary N) is 1. The molecule has 1 atom stereocenters. The Bertz CT molecular complexity index is 393. The van der Waals surface area contributed by atoms with E-state index in [1.54, 1.807) is 0 Å². The van der Waals surface area contributed by atoms with Gasteiger partial charge in [-0.15, -0.1) is 0 Å². The molecule has 1 unspecified atom stereocenters. The van der Waals surface area contributed by atoms with E-state index in [1.165, 1.54) is 5.56 Å². The van der Waals surface area contributed by atoms with Crippen molar-refractivity contribution in [2.24, 2.45) is 5.73 Å². The number of hydrogen-bond acceptors (Lipinski definition) is 2. The Balaban J connectivity index is 2.72. The van der Waals surface area contributed by atoms with E-state index in [2.05, 4.69) is 21.2 Å². The van der Waals surface area contributed by atoms with Crippen LogP contribution in [0.15, 0.2) is 16.6 Å². The molecule has 0 bridgehead atoms. The minimum absolute atomic E-state index is 0.00922. The third kappa shape index (κ3) is 4.48. The van der Waals surface area contributed by atoms with Gasteiger partial charge in [0, 0.05) is 16.9 Å². The molecule has 0 aliphatic rings. The van der Waals surface area contributed by atoms with Crippen LogP contribution in [0, 0.1) is 13.8 Å². The van der Waals surface area contributed by atoms with E-state index < -0.39 is 0 Å². The van der Waals surface area contributed by atoms with Gasteiger partial charge in [-0.2, -0.15) is 0 Å². The fraction of sp³-hybridized carbons (Fsp3) is 0.462. The summed E-state index contributed by atoms with van der Waals surface area (Å²) >= 11 is 3.47. The van der Waals surface area contributed by atoms with Gasteiger partial charge in [-0.05, 0) is 60.3 Å².